The number of ketones is 1. The Morgan fingerprint density at radius 1 is 1.67 bits per heavy atom. The van der Waals surface area contributed by atoms with Gasteiger partial charge in [-0.3, -0.25) is 4.79 Å². The minimum atomic E-state index is 0.148. The molecule has 0 saturated heterocycles. The summed E-state index contributed by atoms with van der Waals surface area (Å²) in [6, 6.07) is 0. The summed E-state index contributed by atoms with van der Waals surface area (Å²) in [6.45, 7) is 8.22. The topological polar surface area (TPSA) is 17.1 Å². The Kier molecular flexibility index (Phi) is 2.71. The van der Waals surface area contributed by atoms with Crippen molar-refractivity contribution in [2.24, 2.45) is 5.41 Å². The highest BCUT2D eigenvalue weighted by Gasteiger charge is 2.34. The molecule has 0 radical (unpaired) electrons. The lowest BCUT2D eigenvalue weighted by molar-refractivity contribution is -0.123. The van der Waals surface area contributed by atoms with Crippen LogP contribution >= 0.6 is 0 Å². The first-order chi connectivity index (χ1) is 5.60. The van der Waals surface area contributed by atoms with Gasteiger partial charge < -0.3 is 0 Å². The van der Waals surface area contributed by atoms with Crippen molar-refractivity contribution in [3.8, 4) is 0 Å². The van der Waals surface area contributed by atoms with E-state index in [4.69, 9.17) is 0 Å². The highest BCUT2D eigenvalue weighted by atomic mass is 16.1. The molecule has 0 aromatic rings. The molecule has 0 spiro atoms. The molecule has 0 unspecified atom stereocenters. The molecular formula is C11H18O. The zero-order valence-electron chi connectivity index (χ0n) is 8.15. The molecule has 1 saturated carbocycles. The van der Waals surface area contributed by atoms with Gasteiger partial charge in [0.05, 0.1) is 0 Å². The molecule has 1 nitrogen and oxygen atoms in total. The largest absolute Gasteiger partial charge is 0.300 e. The maximum atomic E-state index is 11.3. The smallest absolute Gasteiger partial charge is 0.133 e. The number of rotatable bonds is 2. The summed E-state index contributed by atoms with van der Waals surface area (Å²) in [6.07, 6.45) is 4.80. The van der Waals surface area contributed by atoms with Crippen LogP contribution in [0.5, 0.6) is 0 Å². The molecule has 0 N–H and O–H groups in total. The molecule has 0 heterocycles. The van der Waals surface area contributed by atoms with Crippen LogP contribution in [0.4, 0.5) is 0 Å². The standard InChI is InChI=1S/C11H18O/c1-4-11(9(2)3)7-5-6-10(12)8-11/h2,4-8H2,1,3H3/t11-/m0/s1. The fraction of sp³-hybridized carbons (Fsp3) is 0.727. The minimum absolute atomic E-state index is 0.148. The van der Waals surface area contributed by atoms with Crippen LogP contribution in [0.1, 0.15) is 46.0 Å². The third kappa shape index (κ3) is 1.60. The third-order valence-corrected chi connectivity index (χ3v) is 3.23. The maximum absolute atomic E-state index is 11.3. The lowest BCUT2D eigenvalue weighted by Crippen LogP contribution is -2.29. The summed E-state index contributed by atoms with van der Waals surface area (Å²) in [4.78, 5) is 11.3. The van der Waals surface area contributed by atoms with Crippen molar-refractivity contribution in [1.82, 2.24) is 0 Å². The number of carbonyl (C=O) groups excluding carboxylic acids is 1. The van der Waals surface area contributed by atoms with Crippen molar-refractivity contribution in [2.45, 2.75) is 46.0 Å². The van der Waals surface area contributed by atoms with Gasteiger partial charge in [-0.2, -0.15) is 0 Å². The van der Waals surface area contributed by atoms with E-state index in [9.17, 15) is 4.79 Å². The van der Waals surface area contributed by atoms with Gasteiger partial charge in [-0.25, -0.2) is 0 Å². The second-order valence-electron chi connectivity index (χ2n) is 3.98. The van der Waals surface area contributed by atoms with E-state index in [1.54, 1.807) is 0 Å². The van der Waals surface area contributed by atoms with E-state index in [0.29, 0.717) is 5.78 Å². The SMILES string of the molecule is C=C(C)[C@@]1(CC)CCCC(=O)C1. The average Bonchev–Trinajstić information content (AvgIpc) is 2.04. The summed E-state index contributed by atoms with van der Waals surface area (Å²) in [5, 5.41) is 0. The zero-order chi connectivity index (χ0) is 9.19. The molecule has 1 heteroatoms. The lowest BCUT2D eigenvalue weighted by atomic mass is 9.68. The van der Waals surface area contributed by atoms with Crippen molar-refractivity contribution in [3.63, 3.8) is 0 Å². The van der Waals surface area contributed by atoms with Gasteiger partial charge in [0.15, 0.2) is 0 Å². The van der Waals surface area contributed by atoms with Gasteiger partial charge in [-0.15, -0.1) is 0 Å². The zero-order valence-corrected chi connectivity index (χ0v) is 8.15. The van der Waals surface area contributed by atoms with Crippen LogP contribution in [-0.4, -0.2) is 5.78 Å². The van der Waals surface area contributed by atoms with E-state index in [1.807, 2.05) is 0 Å². The molecule has 0 bridgehead atoms. The van der Waals surface area contributed by atoms with Crippen LogP contribution < -0.4 is 0 Å². The monoisotopic (exact) mass is 166 g/mol. The Bertz CT molecular complexity index is 205. The molecule has 12 heavy (non-hydrogen) atoms. The predicted octanol–water partition coefficient (Wildman–Crippen LogP) is 3.10. The van der Waals surface area contributed by atoms with E-state index in [-0.39, 0.29) is 5.41 Å². The number of hydrogen-bond donors (Lipinski definition) is 0. The third-order valence-electron chi connectivity index (χ3n) is 3.23. The molecule has 1 fully saturated rings. The Morgan fingerprint density at radius 2 is 2.33 bits per heavy atom. The molecule has 1 aliphatic carbocycles. The molecular weight excluding hydrogens is 148 g/mol. The van der Waals surface area contributed by atoms with Gasteiger partial charge in [0.1, 0.15) is 5.78 Å². The quantitative estimate of drug-likeness (QED) is 0.576. The summed E-state index contributed by atoms with van der Waals surface area (Å²) in [5.41, 5.74) is 1.34. The van der Waals surface area contributed by atoms with Crippen LogP contribution in [0.2, 0.25) is 0 Å². The minimum Gasteiger partial charge on any atom is -0.300 e. The van der Waals surface area contributed by atoms with Crippen LogP contribution in [0.15, 0.2) is 12.2 Å². The van der Waals surface area contributed by atoms with Gasteiger partial charge >= 0.3 is 0 Å². The van der Waals surface area contributed by atoms with Gasteiger partial charge in [-0.05, 0) is 31.6 Å². The molecule has 1 rings (SSSR count). The maximum Gasteiger partial charge on any atom is 0.133 e. The predicted molar refractivity (Wildman–Crippen MR) is 51.0 cm³/mol. The summed E-state index contributed by atoms with van der Waals surface area (Å²) in [7, 11) is 0. The van der Waals surface area contributed by atoms with Crippen LogP contribution in [0.25, 0.3) is 0 Å². The second kappa shape index (κ2) is 3.42. The molecule has 1 atom stereocenters. The van der Waals surface area contributed by atoms with Crippen molar-refractivity contribution < 1.29 is 4.79 Å². The summed E-state index contributed by atoms with van der Waals surface area (Å²) < 4.78 is 0. The Labute approximate surface area is 74.9 Å². The van der Waals surface area contributed by atoms with Crippen molar-refractivity contribution >= 4 is 5.78 Å². The fourth-order valence-electron chi connectivity index (χ4n) is 2.15. The van der Waals surface area contributed by atoms with E-state index < -0.39 is 0 Å². The van der Waals surface area contributed by atoms with Gasteiger partial charge in [-0.1, -0.05) is 19.1 Å². The second-order valence-corrected chi connectivity index (χ2v) is 3.98. The van der Waals surface area contributed by atoms with Gasteiger partial charge in [0.2, 0.25) is 0 Å². The van der Waals surface area contributed by atoms with Crippen molar-refractivity contribution in [3.05, 3.63) is 12.2 Å². The fourth-order valence-corrected chi connectivity index (χ4v) is 2.15. The van der Waals surface area contributed by atoms with Crippen LogP contribution in [0, 0.1) is 5.41 Å². The summed E-state index contributed by atoms with van der Waals surface area (Å²) >= 11 is 0. The highest BCUT2D eigenvalue weighted by molar-refractivity contribution is 5.80. The van der Waals surface area contributed by atoms with E-state index in [0.717, 1.165) is 32.1 Å². The van der Waals surface area contributed by atoms with E-state index in [2.05, 4.69) is 20.4 Å². The molecule has 68 valence electrons. The number of Topliss-reactive ketones (excluding diaryl/α,β-unsaturated/α-hetero) is 1. The lowest BCUT2D eigenvalue weighted by Gasteiger charge is -2.36. The average molecular weight is 166 g/mol. The summed E-state index contributed by atoms with van der Waals surface area (Å²) in [5.74, 6) is 0.422. The molecule has 0 aromatic carbocycles. The molecule has 1 aliphatic rings. The highest BCUT2D eigenvalue weighted by Crippen LogP contribution is 2.42. The Hall–Kier alpha value is -0.590. The number of allylic oxidation sites excluding steroid dienone is 1. The Balaban J connectivity index is 2.78. The van der Waals surface area contributed by atoms with Crippen molar-refractivity contribution in [2.75, 3.05) is 0 Å². The normalized spacial score (nSPS) is 30.3. The van der Waals surface area contributed by atoms with Gasteiger partial charge in [0.25, 0.3) is 0 Å². The van der Waals surface area contributed by atoms with Crippen LogP contribution in [0.3, 0.4) is 0 Å². The molecule has 0 amide bonds. The first-order valence-electron chi connectivity index (χ1n) is 4.78. The Morgan fingerprint density at radius 3 is 2.67 bits per heavy atom. The van der Waals surface area contributed by atoms with Gasteiger partial charge in [0, 0.05) is 12.8 Å². The van der Waals surface area contributed by atoms with E-state index in [1.165, 1.54) is 5.57 Å². The van der Waals surface area contributed by atoms with Crippen molar-refractivity contribution in [1.29, 1.82) is 0 Å². The number of hydrogen-bond acceptors (Lipinski definition) is 1. The molecule has 0 aromatic heterocycles. The van der Waals surface area contributed by atoms with E-state index >= 15 is 0 Å². The first-order valence-corrected chi connectivity index (χ1v) is 4.78. The number of carbonyl (C=O) groups is 1. The first kappa shape index (κ1) is 9.50. The van der Waals surface area contributed by atoms with Crippen LogP contribution in [-0.2, 0) is 4.79 Å². The molecule has 0 aliphatic heterocycles.